The van der Waals surface area contributed by atoms with Crippen molar-refractivity contribution in [3.05, 3.63) is 33.8 Å². The minimum Gasteiger partial charge on any atom is -0.481 e. The molecule has 1 aliphatic heterocycles. The number of nitrogens with zero attached hydrogens (tertiary/aromatic N) is 2. The molecule has 0 radical (unpaired) electrons. The van der Waals surface area contributed by atoms with Gasteiger partial charge in [0.2, 0.25) is 5.91 Å². The van der Waals surface area contributed by atoms with Gasteiger partial charge >= 0.3 is 5.97 Å². The molecule has 0 spiro atoms. The molecular weight excluding hydrogens is 337 g/mol. The standard InChI is InChI=1S/C12H9Cl2N3O3S/c13-7-1-2-8(14)6(3-7)5-15-17-12-16-11(20)9(21-12)4-10(18)19/h1-3,5,9H,4H2,(H,18,19)(H,16,17,20). The van der Waals surface area contributed by atoms with E-state index >= 15 is 0 Å². The first-order chi connectivity index (χ1) is 9.95. The molecule has 1 aliphatic rings. The number of carboxylic acids is 1. The molecule has 1 fully saturated rings. The Bertz CT molecular complexity index is 649. The fraction of sp³-hybridized carbons (Fsp3) is 0.167. The third kappa shape index (κ3) is 4.45. The zero-order valence-corrected chi connectivity index (χ0v) is 12.7. The summed E-state index contributed by atoms with van der Waals surface area (Å²) in [5.41, 5.74) is 0.588. The third-order valence-electron chi connectivity index (χ3n) is 2.44. The molecule has 1 saturated heterocycles. The van der Waals surface area contributed by atoms with Crippen LogP contribution in [-0.2, 0) is 9.59 Å². The maximum atomic E-state index is 11.5. The zero-order chi connectivity index (χ0) is 15.4. The smallest absolute Gasteiger partial charge is 0.305 e. The van der Waals surface area contributed by atoms with Crippen LogP contribution in [-0.4, -0.2) is 33.6 Å². The van der Waals surface area contributed by atoms with Crippen molar-refractivity contribution in [3.8, 4) is 0 Å². The molecule has 9 heteroatoms. The molecule has 110 valence electrons. The fourth-order valence-corrected chi connectivity index (χ4v) is 2.76. The summed E-state index contributed by atoms with van der Waals surface area (Å²) >= 11 is 12.8. The van der Waals surface area contributed by atoms with Crippen LogP contribution in [0, 0.1) is 0 Å². The number of halogens is 2. The summed E-state index contributed by atoms with van der Waals surface area (Å²) in [6, 6.07) is 4.91. The molecule has 0 aliphatic carbocycles. The molecule has 1 atom stereocenters. The lowest BCUT2D eigenvalue weighted by Crippen LogP contribution is -2.26. The molecule has 2 rings (SSSR count). The Morgan fingerprint density at radius 2 is 2.24 bits per heavy atom. The van der Waals surface area contributed by atoms with Gasteiger partial charge < -0.3 is 10.4 Å². The van der Waals surface area contributed by atoms with Gasteiger partial charge in [0.05, 0.1) is 12.6 Å². The van der Waals surface area contributed by atoms with E-state index in [1.54, 1.807) is 18.2 Å². The number of hydrogen-bond donors (Lipinski definition) is 2. The zero-order valence-electron chi connectivity index (χ0n) is 10.4. The predicted octanol–water partition coefficient (Wildman–Crippen LogP) is 2.39. The van der Waals surface area contributed by atoms with Crippen LogP contribution in [0.5, 0.6) is 0 Å². The maximum absolute atomic E-state index is 11.5. The molecule has 21 heavy (non-hydrogen) atoms. The van der Waals surface area contributed by atoms with Crippen LogP contribution in [0.2, 0.25) is 10.0 Å². The van der Waals surface area contributed by atoms with Gasteiger partial charge in [-0.25, -0.2) is 0 Å². The average molecular weight is 346 g/mol. The molecule has 1 heterocycles. The highest BCUT2D eigenvalue weighted by Crippen LogP contribution is 2.22. The first kappa shape index (κ1) is 15.8. The largest absolute Gasteiger partial charge is 0.481 e. The molecule has 1 aromatic rings. The highest BCUT2D eigenvalue weighted by molar-refractivity contribution is 8.15. The van der Waals surface area contributed by atoms with Crippen molar-refractivity contribution >= 4 is 58.2 Å². The van der Waals surface area contributed by atoms with Gasteiger partial charge in [-0.2, -0.15) is 5.10 Å². The second kappa shape index (κ2) is 6.93. The Hall–Kier alpha value is -1.57. The SMILES string of the molecule is O=C(O)CC1SC(=NN=Cc2cc(Cl)ccc2Cl)NC1=O. The first-order valence-electron chi connectivity index (χ1n) is 5.71. The van der Waals surface area contributed by atoms with Crippen molar-refractivity contribution in [2.45, 2.75) is 11.7 Å². The van der Waals surface area contributed by atoms with Gasteiger partial charge in [-0.05, 0) is 18.2 Å². The van der Waals surface area contributed by atoms with Crippen molar-refractivity contribution in [1.82, 2.24) is 5.32 Å². The lowest BCUT2D eigenvalue weighted by molar-refractivity contribution is -0.138. The van der Waals surface area contributed by atoms with Crippen molar-refractivity contribution in [2.24, 2.45) is 10.2 Å². The normalized spacial score (nSPS) is 20.2. The lowest BCUT2D eigenvalue weighted by Gasteiger charge is -1.98. The molecule has 0 saturated carbocycles. The number of carbonyl (C=O) groups is 2. The van der Waals surface area contributed by atoms with Crippen molar-refractivity contribution in [3.63, 3.8) is 0 Å². The minimum atomic E-state index is -1.04. The van der Waals surface area contributed by atoms with E-state index in [2.05, 4.69) is 15.5 Å². The Labute approximate surface area is 134 Å². The highest BCUT2D eigenvalue weighted by Gasteiger charge is 2.32. The van der Waals surface area contributed by atoms with Crippen molar-refractivity contribution < 1.29 is 14.7 Å². The van der Waals surface area contributed by atoms with Crippen molar-refractivity contribution in [1.29, 1.82) is 0 Å². The summed E-state index contributed by atoms with van der Waals surface area (Å²) < 4.78 is 0. The Balaban J connectivity index is 2.05. The molecule has 1 unspecified atom stereocenters. The third-order valence-corrected chi connectivity index (χ3v) is 4.09. The summed E-state index contributed by atoms with van der Waals surface area (Å²) in [7, 11) is 0. The quantitative estimate of drug-likeness (QED) is 0.647. The summed E-state index contributed by atoms with van der Waals surface area (Å²) in [4.78, 5) is 22.1. The number of thioether (sulfide) groups is 1. The topological polar surface area (TPSA) is 91.1 Å². The van der Waals surface area contributed by atoms with Gasteiger partial charge in [0, 0.05) is 15.6 Å². The number of rotatable bonds is 4. The molecule has 6 nitrogen and oxygen atoms in total. The van der Waals surface area contributed by atoms with Gasteiger partial charge in [-0.3, -0.25) is 9.59 Å². The summed E-state index contributed by atoms with van der Waals surface area (Å²) in [5, 5.41) is 19.3. The minimum absolute atomic E-state index is 0.251. The van der Waals surface area contributed by atoms with Gasteiger partial charge in [0.1, 0.15) is 5.25 Å². The van der Waals surface area contributed by atoms with Crippen LogP contribution in [0.15, 0.2) is 28.4 Å². The number of amides is 1. The fourth-order valence-electron chi connectivity index (χ4n) is 1.50. The molecular formula is C12H9Cl2N3O3S. The van der Waals surface area contributed by atoms with E-state index in [9.17, 15) is 9.59 Å². The van der Waals surface area contributed by atoms with E-state index in [0.29, 0.717) is 15.6 Å². The Morgan fingerprint density at radius 1 is 1.48 bits per heavy atom. The van der Waals surface area contributed by atoms with E-state index < -0.39 is 17.1 Å². The van der Waals surface area contributed by atoms with Crippen LogP contribution in [0.25, 0.3) is 0 Å². The van der Waals surface area contributed by atoms with E-state index in [0.717, 1.165) is 11.8 Å². The Morgan fingerprint density at radius 3 is 2.95 bits per heavy atom. The molecule has 0 bridgehead atoms. The van der Waals surface area contributed by atoms with Crippen LogP contribution >= 0.6 is 35.0 Å². The monoisotopic (exact) mass is 345 g/mol. The number of amidine groups is 1. The predicted molar refractivity (Wildman–Crippen MR) is 83.3 cm³/mol. The highest BCUT2D eigenvalue weighted by atomic mass is 35.5. The lowest BCUT2D eigenvalue weighted by atomic mass is 10.2. The van der Waals surface area contributed by atoms with Crippen molar-refractivity contribution in [2.75, 3.05) is 0 Å². The molecule has 0 aromatic heterocycles. The van der Waals surface area contributed by atoms with Crippen LogP contribution in [0.4, 0.5) is 0 Å². The maximum Gasteiger partial charge on any atom is 0.305 e. The van der Waals surface area contributed by atoms with E-state index in [4.69, 9.17) is 28.3 Å². The molecule has 1 amide bonds. The second-order valence-corrected chi connectivity index (χ2v) is 6.04. The van der Waals surface area contributed by atoms with E-state index in [1.165, 1.54) is 6.21 Å². The number of hydrogen-bond acceptors (Lipinski definition) is 5. The Kier molecular flexibility index (Phi) is 5.22. The molecule has 2 N–H and O–H groups in total. The summed E-state index contributed by atoms with van der Waals surface area (Å²) in [5.74, 6) is -1.43. The second-order valence-electron chi connectivity index (χ2n) is 4.01. The summed E-state index contributed by atoms with van der Waals surface area (Å²) in [6.07, 6.45) is 1.14. The average Bonchev–Trinajstić information content (AvgIpc) is 2.73. The van der Waals surface area contributed by atoms with Gasteiger partial charge in [-0.15, -0.1) is 5.10 Å². The van der Waals surface area contributed by atoms with Gasteiger partial charge in [-0.1, -0.05) is 35.0 Å². The number of benzene rings is 1. The van der Waals surface area contributed by atoms with Crippen LogP contribution in [0.1, 0.15) is 12.0 Å². The summed E-state index contributed by atoms with van der Waals surface area (Å²) in [6.45, 7) is 0. The number of carbonyl (C=O) groups excluding carboxylic acids is 1. The van der Waals surface area contributed by atoms with Gasteiger partial charge in [0.15, 0.2) is 5.17 Å². The number of aliphatic carboxylic acids is 1. The van der Waals surface area contributed by atoms with Crippen LogP contribution < -0.4 is 5.32 Å². The molecule has 1 aromatic carbocycles. The number of carboxylic acid groups (broad SMARTS) is 1. The van der Waals surface area contributed by atoms with E-state index in [-0.39, 0.29) is 11.6 Å². The first-order valence-corrected chi connectivity index (χ1v) is 7.34. The van der Waals surface area contributed by atoms with Gasteiger partial charge in [0.25, 0.3) is 0 Å². The number of nitrogens with one attached hydrogen (secondary N) is 1. The van der Waals surface area contributed by atoms with Crippen LogP contribution in [0.3, 0.4) is 0 Å². The van der Waals surface area contributed by atoms with E-state index in [1.807, 2.05) is 0 Å².